The van der Waals surface area contributed by atoms with Crippen LogP contribution in [0.1, 0.15) is 5.56 Å². The zero-order valence-electron chi connectivity index (χ0n) is 11.7. The second-order valence-electron chi connectivity index (χ2n) is 4.87. The van der Waals surface area contributed by atoms with Crippen molar-refractivity contribution in [3.63, 3.8) is 0 Å². The molecule has 0 bridgehead atoms. The number of para-hydroxylation sites is 1. The summed E-state index contributed by atoms with van der Waals surface area (Å²) in [5, 5.41) is 0.988. The summed E-state index contributed by atoms with van der Waals surface area (Å²) in [5.41, 5.74) is 2.57. The average molecular weight is 297 g/mol. The highest BCUT2D eigenvalue weighted by molar-refractivity contribution is 5.99. The molecule has 4 heteroatoms. The molecule has 0 aliphatic carbocycles. The number of furan rings is 1. The summed E-state index contributed by atoms with van der Waals surface area (Å²) >= 11 is 0. The first-order valence-corrected chi connectivity index (χ1v) is 6.77. The van der Waals surface area contributed by atoms with E-state index in [0.717, 1.165) is 22.6 Å². The maximum atomic E-state index is 13.2. The Labute approximate surface area is 126 Å². The van der Waals surface area contributed by atoms with Gasteiger partial charge in [0.2, 0.25) is 0 Å². The molecule has 0 saturated heterocycles. The monoisotopic (exact) mass is 297 g/mol. The van der Waals surface area contributed by atoms with Gasteiger partial charge in [-0.25, -0.2) is 8.78 Å². The first-order chi connectivity index (χ1) is 10.7. The lowest BCUT2D eigenvalue weighted by molar-refractivity contribution is 0.584. The topological polar surface area (TPSA) is 25.5 Å². The zero-order valence-corrected chi connectivity index (χ0v) is 11.7. The first-order valence-electron chi connectivity index (χ1n) is 6.77. The molecular formula is C18H13F2NO. The normalized spacial score (nSPS) is 11.8. The maximum Gasteiger partial charge on any atom is 0.134 e. The number of nitrogens with zero attached hydrogens (tertiary/aromatic N) is 1. The van der Waals surface area contributed by atoms with E-state index in [9.17, 15) is 8.78 Å². The lowest BCUT2D eigenvalue weighted by atomic mass is 10.1. The summed E-state index contributed by atoms with van der Waals surface area (Å²) in [6.07, 6.45) is 3.71. The predicted octanol–water partition coefficient (Wildman–Crippen LogP) is 5.21. The van der Waals surface area contributed by atoms with E-state index in [1.165, 1.54) is 12.1 Å². The Hall–Kier alpha value is -2.75. The third-order valence-corrected chi connectivity index (χ3v) is 3.29. The van der Waals surface area contributed by atoms with Crippen LogP contribution in [0.3, 0.4) is 0 Å². The number of hydrogen-bond acceptors (Lipinski definition) is 2. The number of halogens is 2. The van der Waals surface area contributed by atoms with Crippen molar-refractivity contribution in [1.82, 2.24) is 0 Å². The van der Waals surface area contributed by atoms with Crippen LogP contribution in [0.5, 0.6) is 0 Å². The van der Waals surface area contributed by atoms with Crippen LogP contribution in [0.2, 0.25) is 0 Å². The molecule has 0 unspecified atom stereocenters. The summed E-state index contributed by atoms with van der Waals surface area (Å²) in [5.74, 6) is -1.31. The van der Waals surface area contributed by atoms with Crippen LogP contribution in [0, 0.1) is 11.6 Å². The lowest BCUT2D eigenvalue weighted by Gasteiger charge is -2.01. The average Bonchev–Trinajstić information content (AvgIpc) is 2.89. The summed E-state index contributed by atoms with van der Waals surface area (Å²) in [6, 6.07) is 10.8. The van der Waals surface area contributed by atoms with Gasteiger partial charge in [0.15, 0.2) is 0 Å². The fourth-order valence-electron chi connectivity index (χ4n) is 2.29. The smallest absolute Gasteiger partial charge is 0.134 e. The molecule has 0 aliphatic rings. The quantitative estimate of drug-likeness (QED) is 0.607. The van der Waals surface area contributed by atoms with E-state index in [2.05, 4.69) is 11.6 Å². The fourth-order valence-corrected chi connectivity index (χ4v) is 2.29. The Balaban J connectivity index is 1.94. The molecule has 3 aromatic rings. The van der Waals surface area contributed by atoms with Gasteiger partial charge in [-0.3, -0.25) is 4.99 Å². The summed E-state index contributed by atoms with van der Waals surface area (Å²) < 4.78 is 31.9. The predicted molar refractivity (Wildman–Crippen MR) is 83.6 cm³/mol. The van der Waals surface area contributed by atoms with E-state index in [1.54, 1.807) is 12.3 Å². The van der Waals surface area contributed by atoms with Gasteiger partial charge in [0.25, 0.3) is 0 Å². The van der Waals surface area contributed by atoms with Crippen LogP contribution in [-0.4, -0.2) is 5.71 Å². The molecule has 0 atom stereocenters. The van der Waals surface area contributed by atoms with Crippen molar-refractivity contribution in [2.24, 2.45) is 4.99 Å². The standard InChI is InChI=1S/C18H13F2NO/c1-2-15(21-16-9-13(19)8-14(20)10-16)7-12-11-22-18-6-4-3-5-17(12)18/h2-6,8-11H,1,7H2. The highest BCUT2D eigenvalue weighted by Crippen LogP contribution is 2.23. The van der Waals surface area contributed by atoms with Crippen molar-refractivity contribution in [1.29, 1.82) is 0 Å². The van der Waals surface area contributed by atoms with Crippen molar-refractivity contribution in [2.75, 3.05) is 0 Å². The molecule has 1 heterocycles. The van der Waals surface area contributed by atoms with Crippen LogP contribution < -0.4 is 0 Å². The van der Waals surface area contributed by atoms with E-state index in [0.29, 0.717) is 12.1 Å². The second kappa shape index (κ2) is 5.93. The maximum absolute atomic E-state index is 13.2. The summed E-state index contributed by atoms with van der Waals surface area (Å²) in [4.78, 5) is 4.26. The Morgan fingerprint density at radius 3 is 2.59 bits per heavy atom. The largest absolute Gasteiger partial charge is 0.464 e. The highest BCUT2D eigenvalue weighted by atomic mass is 19.1. The van der Waals surface area contributed by atoms with E-state index < -0.39 is 11.6 Å². The van der Waals surface area contributed by atoms with Gasteiger partial charge in [0.1, 0.15) is 17.2 Å². The van der Waals surface area contributed by atoms with Crippen LogP contribution in [0.4, 0.5) is 14.5 Å². The highest BCUT2D eigenvalue weighted by Gasteiger charge is 2.08. The van der Waals surface area contributed by atoms with Gasteiger partial charge in [-0.1, -0.05) is 24.8 Å². The Bertz CT molecular complexity index is 844. The van der Waals surface area contributed by atoms with E-state index in [4.69, 9.17) is 4.42 Å². The molecule has 110 valence electrons. The minimum Gasteiger partial charge on any atom is -0.464 e. The van der Waals surface area contributed by atoms with Gasteiger partial charge in [-0.15, -0.1) is 0 Å². The van der Waals surface area contributed by atoms with Crippen LogP contribution in [0.25, 0.3) is 11.0 Å². The van der Waals surface area contributed by atoms with Crippen molar-refractivity contribution in [3.05, 3.63) is 78.6 Å². The molecule has 0 N–H and O–H groups in total. The molecule has 0 fully saturated rings. The molecule has 0 radical (unpaired) electrons. The molecule has 0 saturated carbocycles. The fraction of sp³-hybridized carbons (Fsp3) is 0.0556. The van der Waals surface area contributed by atoms with Gasteiger partial charge >= 0.3 is 0 Å². The Morgan fingerprint density at radius 1 is 1.14 bits per heavy atom. The van der Waals surface area contributed by atoms with Crippen LogP contribution >= 0.6 is 0 Å². The summed E-state index contributed by atoms with van der Waals surface area (Å²) in [7, 11) is 0. The van der Waals surface area contributed by atoms with Crippen LogP contribution in [0.15, 0.2) is 70.8 Å². The minimum absolute atomic E-state index is 0.222. The molecule has 22 heavy (non-hydrogen) atoms. The van der Waals surface area contributed by atoms with Crippen molar-refractivity contribution >= 4 is 22.4 Å². The van der Waals surface area contributed by atoms with Gasteiger partial charge < -0.3 is 4.42 Å². The molecular weight excluding hydrogens is 284 g/mol. The lowest BCUT2D eigenvalue weighted by Crippen LogP contribution is -1.98. The van der Waals surface area contributed by atoms with Crippen LogP contribution in [-0.2, 0) is 6.42 Å². The van der Waals surface area contributed by atoms with E-state index in [-0.39, 0.29) is 5.69 Å². The molecule has 0 amide bonds. The third kappa shape index (κ3) is 2.96. The number of rotatable bonds is 4. The Morgan fingerprint density at radius 2 is 1.86 bits per heavy atom. The number of fused-ring (bicyclic) bond motifs is 1. The van der Waals surface area contributed by atoms with E-state index >= 15 is 0 Å². The molecule has 2 nitrogen and oxygen atoms in total. The minimum atomic E-state index is -0.657. The third-order valence-electron chi connectivity index (χ3n) is 3.29. The zero-order chi connectivity index (χ0) is 15.5. The molecule has 0 aliphatic heterocycles. The number of benzene rings is 2. The van der Waals surface area contributed by atoms with Gasteiger partial charge in [0.05, 0.1) is 12.0 Å². The van der Waals surface area contributed by atoms with Gasteiger partial charge in [-0.2, -0.15) is 0 Å². The second-order valence-corrected chi connectivity index (χ2v) is 4.87. The number of aliphatic imine (C=N–C) groups is 1. The molecule has 0 spiro atoms. The van der Waals surface area contributed by atoms with Gasteiger partial charge in [-0.05, 0) is 24.3 Å². The van der Waals surface area contributed by atoms with Crippen molar-refractivity contribution in [2.45, 2.75) is 6.42 Å². The van der Waals surface area contributed by atoms with Crippen molar-refractivity contribution in [3.8, 4) is 0 Å². The molecule has 3 rings (SSSR count). The summed E-state index contributed by atoms with van der Waals surface area (Å²) in [6.45, 7) is 3.71. The SMILES string of the molecule is C=CC(Cc1coc2ccccc12)=Nc1cc(F)cc(F)c1. The van der Waals surface area contributed by atoms with E-state index in [1.807, 2.05) is 24.3 Å². The number of hydrogen-bond donors (Lipinski definition) is 0. The Kier molecular flexibility index (Phi) is 3.83. The van der Waals surface area contributed by atoms with Gasteiger partial charge in [0, 0.05) is 29.1 Å². The first kappa shape index (κ1) is 14.2. The molecule has 1 aromatic heterocycles. The van der Waals surface area contributed by atoms with Crippen molar-refractivity contribution < 1.29 is 13.2 Å². The molecule has 2 aromatic carbocycles. The number of allylic oxidation sites excluding steroid dienone is 1.